The third-order valence-corrected chi connectivity index (χ3v) is 2.87. The molecule has 1 aliphatic rings. The number of hydrogen-bond acceptors (Lipinski definition) is 2. The highest BCUT2D eigenvalue weighted by Gasteiger charge is 2.12. The van der Waals surface area contributed by atoms with Gasteiger partial charge in [-0.3, -0.25) is 0 Å². The highest BCUT2D eigenvalue weighted by Crippen LogP contribution is 2.27. The summed E-state index contributed by atoms with van der Waals surface area (Å²) in [5.74, 6) is 0.984. The predicted octanol–water partition coefficient (Wildman–Crippen LogP) is 1.98. The Balaban J connectivity index is 1.98. The molecule has 0 aromatic rings. The van der Waals surface area contributed by atoms with E-state index in [0.29, 0.717) is 0 Å². The first-order valence-electron chi connectivity index (χ1n) is 5.30. The first-order chi connectivity index (χ1) is 5.79. The quantitative estimate of drug-likeness (QED) is 0.634. The summed E-state index contributed by atoms with van der Waals surface area (Å²) >= 11 is 0. The van der Waals surface area contributed by atoms with E-state index in [1.165, 1.54) is 44.9 Å². The van der Waals surface area contributed by atoms with Crippen LogP contribution in [0.15, 0.2) is 0 Å². The molecule has 1 aliphatic carbocycles. The summed E-state index contributed by atoms with van der Waals surface area (Å²) < 4.78 is 0. The predicted molar refractivity (Wildman–Crippen MR) is 52.6 cm³/mol. The first kappa shape index (κ1) is 10.0. The number of rotatable bonds is 4. The maximum atomic E-state index is 5.49. The molecule has 0 aromatic carbocycles. The van der Waals surface area contributed by atoms with Crippen LogP contribution in [0.5, 0.6) is 0 Å². The van der Waals surface area contributed by atoms with Gasteiger partial charge in [-0.1, -0.05) is 44.9 Å². The van der Waals surface area contributed by atoms with Crippen molar-refractivity contribution in [2.45, 2.75) is 57.5 Å². The van der Waals surface area contributed by atoms with Crippen molar-refractivity contribution >= 4 is 0 Å². The van der Waals surface area contributed by atoms with E-state index in [9.17, 15) is 0 Å². The van der Waals surface area contributed by atoms with Crippen LogP contribution in [-0.2, 0) is 0 Å². The molecule has 0 aliphatic heterocycles. The van der Waals surface area contributed by atoms with Crippen LogP contribution in [0.1, 0.15) is 51.4 Å². The van der Waals surface area contributed by atoms with E-state index < -0.39 is 0 Å². The van der Waals surface area contributed by atoms with Crippen molar-refractivity contribution in [1.29, 1.82) is 0 Å². The molecule has 0 radical (unpaired) electrons. The lowest BCUT2D eigenvalue weighted by Crippen LogP contribution is -2.30. The minimum absolute atomic E-state index is 0.0893. The van der Waals surface area contributed by atoms with Crippen LogP contribution < -0.4 is 11.5 Å². The molecular formula is C10H22N2. The van der Waals surface area contributed by atoms with Gasteiger partial charge in [-0.05, 0) is 12.3 Å². The van der Waals surface area contributed by atoms with Gasteiger partial charge in [0.25, 0.3) is 0 Å². The fourth-order valence-electron chi connectivity index (χ4n) is 2.12. The molecule has 12 heavy (non-hydrogen) atoms. The van der Waals surface area contributed by atoms with E-state index >= 15 is 0 Å². The topological polar surface area (TPSA) is 52.0 Å². The summed E-state index contributed by atoms with van der Waals surface area (Å²) in [6, 6.07) is 0. The van der Waals surface area contributed by atoms with E-state index in [4.69, 9.17) is 11.5 Å². The van der Waals surface area contributed by atoms with Crippen molar-refractivity contribution < 1.29 is 0 Å². The van der Waals surface area contributed by atoms with Crippen LogP contribution in [0.25, 0.3) is 0 Å². The standard InChI is InChI=1S/C10H22N2/c11-10(12)8-4-7-9-5-2-1-3-6-9/h9-10H,1-8,11-12H2. The van der Waals surface area contributed by atoms with Crippen molar-refractivity contribution in [3.63, 3.8) is 0 Å². The number of nitrogens with two attached hydrogens (primary N) is 2. The van der Waals surface area contributed by atoms with Gasteiger partial charge in [-0.15, -0.1) is 0 Å². The van der Waals surface area contributed by atoms with Crippen LogP contribution >= 0.6 is 0 Å². The summed E-state index contributed by atoms with van der Waals surface area (Å²) in [6.07, 6.45) is 10.7. The summed E-state index contributed by atoms with van der Waals surface area (Å²) in [5, 5.41) is 0. The minimum atomic E-state index is -0.0893. The van der Waals surface area contributed by atoms with Gasteiger partial charge >= 0.3 is 0 Å². The molecule has 4 N–H and O–H groups in total. The van der Waals surface area contributed by atoms with Crippen LogP contribution in [-0.4, -0.2) is 6.17 Å². The van der Waals surface area contributed by atoms with Crippen molar-refractivity contribution in [3.8, 4) is 0 Å². The van der Waals surface area contributed by atoms with Crippen LogP contribution in [0.3, 0.4) is 0 Å². The fourth-order valence-corrected chi connectivity index (χ4v) is 2.12. The molecule has 0 heterocycles. The molecule has 0 atom stereocenters. The van der Waals surface area contributed by atoms with Gasteiger partial charge in [0.15, 0.2) is 0 Å². The third-order valence-electron chi connectivity index (χ3n) is 2.87. The Labute approximate surface area is 75.7 Å². The smallest absolute Gasteiger partial charge is 0.0520 e. The summed E-state index contributed by atoms with van der Waals surface area (Å²) in [5.41, 5.74) is 11.0. The lowest BCUT2D eigenvalue weighted by Gasteiger charge is -2.21. The normalized spacial score (nSPS) is 20.2. The van der Waals surface area contributed by atoms with Gasteiger partial charge in [0, 0.05) is 0 Å². The monoisotopic (exact) mass is 170 g/mol. The van der Waals surface area contributed by atoms with Gasteiger partial charge in [0.05, 0.1) is 6.17 Å². The van der Waals surface area contributed by atoms with Crippen LogP contribution in [0, 0.1) is 5.92 Å². The van der Waals surface area contributed by atoms with E-state index in [0.717, 1.165) is 12.3 Å². The Morgan fingerprint density at radius 3 is 2.33 bits per heavy atom. The molecule has 1 rings (SSSR count). The van der Waals surface area contributed by atoms with E-state index in [-0.39, 0.29) is 6.17 Å². The maximum Gasteiger partial charge on any atom is 0.0520 e. The Kier molecular flexibility index (Phi) is 4.62. The molecule has 1 fully saturated rings. The SMILES string of the molecule is NC(N)CCCC1CCCCC1. The molecule has 0 aromatic heterocycles. The highest BCUT2D eigenvalue weighted by atomic mass is 14.8. The lowest BCUT2D eigenvalue weighted by atomic mass is 9.86. The second-order valence-electron chi connectivity index (χ2n) is 4.10. The molecule has 0 unspecified atom stereocenters. The second kappa shape index (κ2) is 5.55. The fraction of sp³-hybridized carbons (Fsp3) is 1.00. The van der Waals surface area contributed by atoms with Gasteiger partial charge in [0.2, 0.25) is 0 Å². The van der Waals surface area contributed by atoms with Crippen molar-refractivity contribution in [2.75, 3.05) is 0 Å². The molecule has 2 nitrogen and oxygen atoms in total. The van der Waals surface area contributed by atoms with Crippen LogP contribution in [0.2, 0.25) is 0 Å². The molecule has 2 heteroatoms. The zero-order chi connectivity index (χ0) is 8.81. The zero-order valence-electron chi connectivity index (χ0n) is 7.97. The number of hydrogen-bond donors (Lipinski definition) is 2. The molecular weight excluding hydrogens is 148 g/mol. The van der Waals surface area contributed by atoms with E-state index in [1.807, 2.05) is 0 Å². The Hall–Kier alpha value is -0.0800. The van der Waals surface area contributed by atoms with Crippen molar-refractivity contribution in [3.05, 3.63) is 0 Å². The largest absolute Gasteiger partial charge is 0.316 e. The van der Waals surface area contributed by atoms with Gasteiger partial charge in [-0.25, -0.2) is 0 Å². The Morgan fingerprint density at radius 1 is 1.08 bits per heavy atom. The molecule has 0 bridgehead atoms. The lowest BCUT2D eigenvalue weighted by molar-refractivity contribution is 0.326. The average molecular weight is 170 g/mol. The van der Waals surface area contributed by atoms with Gasteiger partial charge in [-0.2, -0.15) is 0 Å². The molecule has 0 amide bonds. The zero-order valence-corrected chi connectivity index (χ0v) is 7.97. The Morgan fingerprint density at radius 2 is 1.75 bits per heavy atom. The van der Waals surface area contributed by atoms with Gasteiger partial charge < -0.3 is 11.5 Å². The summed E-state index contributed by atoms with van der Waals surface area (Å²) in [6.45, 7) is 0. The Bertz CT molecular complexity index is 106. The molecule has 0 spiro atoms. The molecule has 72 valence electrons. The highest BCUT2D eigenvalue weighted by molar-refractivity contribution is 4.66. The average Bonchev–Trinajstić information content (AvgIpc) is 2.05. The van der Waals surface area contributed by atoms with Gasteiger partial charge in [0.1, 0.15) is 0 Å². The van der Waals surface area contributed by atoms with Crippen molar-refractivity contribution in [1.82, 2.24) is 0 Å². The maximum absolute atomic E-state index is 5.49. The molecule has 0 saturated heterocycles. The van der Waals surface area contributed by atoms with Crippen LogP contribution in [0.4, 0.5) is 0 Å². The molecule has 1 saturated carbocycles. The summed E-state index contributed by atoms with van der Waals surface area (Å²) in [7, 11) is 0. The second-order valence-corrected chi connectivity index (χ2v) is 4.10. The van der Waals surface area contributed by atoms with E-state index in [1.54, 1.807) is 0 Å². The minimum Gasteiger partial charge on any atom is -0.316 e. The third kappa shape index (κ3) is 4.07. The first-order valence-corrected chi connectivity index (χ1v) is 5.30. The van der Waals surface area contributed by atoms with Crippen molar-refractivity contribution in [2.24, 2.45) is 17.4 Å². The summed E-state index contributed by atoms with van der Waals surface area (Å²) in [4.78, 5) is 0. The van der Waals surface area contributed by atoms with E-state index in [2.05, 4.69) is 0 Å².